The number of imide groups is 1. The number of carboxylic acids is 1. The average Bonchev–Trinajstić information content (AvgIpc) is 2.68. The van der Waals surface area contributed by atoms with E-state index in [-0.39, 0.29) is 6.42 Å². The van der Waals surface area contributed by atoms with Crippen molar-refractivity contribution >= 4 is 18.0 Å². The Balaban J connectivity index is 2.18. The Bertz CT molecular complexity index is 513. The van der Waals surface area contributed by atoms with Crippen molar-refractivity contribution < 1.29 is 24.6 Å². The van der Waals surface area contributed by atoms with E-state index in [1.165, 1.54) is 0 Å². The van der Waals surface area contributed by atoms with Crippen LogP contribution in [0.3, 0.4) is 0 Å². The Morgan fingerprint density at radius 3 is 2.32 bits per heavy atom. The van der Waals surface area contributed by atoms with Crippen molar-refractivity contribution in [2.24, 2.45) is 5.92 Å². The summed E-state index contributed by atoms with van der Waals surface area (Å²) >= 11 is 0. The van der Waals surface area contributed by atoms with Gasteiger partial charge < -0.3 is 10.2 Å². The number of carbonyl (C=O) groups excluding carboxylic acids is 1. The summed E-state index contributed by atoms with van der Waals surface area (Å²) in [5.41, 5.74) is 0.886. The molecule has 2 N–H and O–H groups in total. The molecule has 2 rings (SSSR count). The number of aliphatic carboxylic acids is 1. The number of likely N-dealkylation sites (tertiary alicyclic amines) is 1. The second-order valence-electron chi connectivity index (χ2n) is 4.47. The lowest BCUT2D eigenvalue weighted by Gasteiger charge is -2.15. The third-order valence-corrected chi connectivity index (χ3v) is 3.22. The van der Waals surface area contributed by atoms with Crippen molar-refractivity contribution in [3.05, 3.63) is 35.9 Å². The van der Waals surface area contributed by atoms with Crippen LogP contribution in [0.1, 0.15) is 12.0 Å². The summed E-state index contributed by atoms with van der Waals surface area (Å²) in [7, 11) is 0. The molecule has 6 nitrogen and oxygen atoms in total. The van der Waals surface area contributed by atoms with Gasteiger partial charge in [-0.05, 0) is 18.4 Å². The summed E-state index contributed by atoms with van der Waals surface area (Å²) in [5.74, 6) is -2.52. The molecule has 19 heavy (non-hydrogen) atoms. The predicted molar refractivity (Wildman–Crippen MR) is 64.5 cm³/mol. The highest BCUT2D eigenvalue weighted by atomic mass is 16.4. The molecule has 1 saturated heterocycles. The van der Waals surface area contributed by atoms with Gasteiger partial charge in [-0.3, -0.25) is 4.79 Å². The van der Waals surface area contributed by atoms with Gasteiger partial charge in [0.2, 0.25) is 5.91 Å². The summed E-state index contributed by atoms with van der Waals surface area (Å²) < 4.78 is 0. The Kier molecular flexibility index (Phi) is 3.50. The first-order valence-corrected chi connectivity index (χ1v) is 5.83. The van der Waals surface area contributed by atoms with Gasteiger partial charge in [0.05, 0.1) is 0 Å². The quantitative estimate of drug-likeness (QED) is 0.854. The first-order valence-electron chi connectivity index (χ1n) is 5.83. The number of carbonyl (C=O) groups is 3. The highest BCUT2D eigenvalue weighted by molar-refractivity contribution is 5.99. The number of amides is 2. The molecule has 0 radical (unpaired) electrons. The largest absolute Gasteiger partial charge is 0.480 e. The molecule has 1 heterocycles. The van der Waals surface area contributed by atoms with Crippen LogP contribution in [-0.4, -0.2) is 39.1 Å². The molecule has 1 aromatic carbocycles. The predicted octanol–water partition coefficient (Wildman–Crippen LogP) is 1.21. The maximum atomic E-state index is 11.9. The molecule has 2 amide bonds. The molecule has 2 atom stereocenters. The lowest BCUT2D eigenvalue weighted by molar-refractivity contribution is -0.145. The molecule has 0 spiro atoms. The van der Waals surface area contributed by atoms with E-state index >= 15 is 0 Å². The molecule has 1 aliphatic heterocycles. The Hall–Kier alpha value is -2.37. The van der Waals surface area contributed by atoms with Crippen LogP contribution in [0.15, 0.2) is 30.3 Å². The van der Waals surface area contributed by atoms with Crippen molar-refractivity contribution in [1.82, 2.24) is 4.90 Å². The number of benzene rings is 1. The number of nitrogens with zero attached hydrogens (tertiary/aromatic N) is 1. The fourth-order valence-corrected chi connectivity index (χ4v) is 2.33. The van der Waals surface area contributed by atoms with Crippen LogP contribution in [0.4, 0.5) is 4.79 Å². The lowest BCUT2D eigenvalue weighted by atomic mass is 9.96. The minimum absolute atomic E-state index is 0.0232. The molecule has 0 aliphatic carbocycles. The van der Waals surface area contributed by atoms with Gasteiger partial charge in [0.25, 0.3) is 0 Å². The summed E-state index contributed by atoms with van der Waals surface area (Å²) in [6, 6.07) is 7.85. The van der Waals surface area contributed by atoms with E-state index < -0.39 is 29.9 Å². The maximum Gasteiger partial charge on any atom is 0.414 e. The van der Waals surface area contributed by atoms with Crippen molar-refractivity contribution in [2.45, 2.75) is 18.9 Å². The summed E-state index contributed by atoms with van der Waals surface area (Å²) in [4.78, 5) is 34.3. The van der Waals surface area contributed by atoms with Crippen LogP contribution in [-0.2, 0) is 16.0 Å². The van der Waals surface area contributed by atoms with E-state index in [0.717, 1.165) is 5.56 Å². The van der Waals surface area contributed by atoms with Crippen LogP contribution in [0.25, 0.3) is 0 Å². The Morgan fingerprint density at radius 1 is 1.21 bits per heavy atom. The highest BCUT2D eigenvalue weighted by Gasteiger charge is 2.46. The third kappa shape index (κ3) is 2.57. The molecule has 0 saturated carbocycles. The van der Waals surface area contributed by atoms with Gasteiger partial charge in [0, 0.05) is 5.92 Å². The molecule has 0 aromatic heterocycles. The molecule has 1 aliphatic rings. The second-order valence-corrected chi connectivity index (χ2v) is 4.47. The first-order chi connectivity index (χ1) is 9.00. The minimum atomic E-state index is -1.51. The smallest absolute Gasteiger partial charge is 0.414 e. The fourth-order valence-electron chi connectivity index (χ4n) is 2.33. The van der Waals surface area contributed by atoms with Crippen molar-refractivity contribution in [1.29, 1.82) is 0 Å². The molecule has 0 bridgehead atoms. The van der Waals surface area contributed by atoms with Gasteiger partial charge in [-0.2, -0.15) is 0 Å². The van der Waals surface area contributed by atoms with Gasteiger partial charge >= 0.3 is 12.1 Å². The van der Waals surface area contributed by atoms with E-state index in [1.54, 1.807) is 0 Å². The summed E-state index contributed by atoms with van der Waals surface area (Å²) in [6.07, 6.45) is -1.13. The normalized spacial score (nSPS) is 22.5. The Morgan fingerprint density at radius 2 is 1.84 bits per heavy atom. The monoisotopic (exact) mass is 263 g/mol. The van der Waals surface area contributed by atoms with Crippen LogP contribution in [0.2, 0.25) is 0 Å². The van der Waals surface area contributed by atoms with E-state index in [1.807, 2.05) is 30.3 Å². The molecule has 6 heteroatoms. The van der Waals surface area contributed by atoms with E-state index in [2.05, 4.69) is 0 Å². The molecule has 1 fully saturated rings. The van der Waals surface area contributed by atoms with E-state index in [9.17, 15) is 14.4 Å². The molecule has 1 aromatic rings. The van der Waals surface area contributed by atoms with Crippen LogP contribution >= 0.6 is 0 Å². The number of carboxylic acid groups (broad SMARTS) is 2. The van der Waals surface area contributed by atoms with Gasteiger partial charge in [-0.15, -0.1) is 0 Å². The van der Waals surface area contributed by atoms with Crippen LogP contribution in [0, 0.1) is 5.92 Å². The summed E-state index contributed by atoms with van der Waals surface area (Å²) in [6.45, 7) is 0. The standard InChI is InChI=1S/C13H13NO5/c15-11-9(6-8-4-2-1-3-5-8)7-10(12(16)17)14(11)13(18)19/h1-5,9-10H,6-7H2,(H,16,17)(H,18,19)/t9-,10+/m0/s1. The van der Waals surface area contributed by atoms with E-state index in [0.29, 0.717) is 11.3 Å². The second kappa shape index (κ2) is 5.09. The number of hydrogen-bond acceptors (Lipinski definition) is 3. The molecule has 100 valence electrons. The van der Waals surface area contributed by atoms with Crippen molar-refractivity contribution in [3.8, 4) is 0 Å². The molecule has 0 unspecified atom stereocenters. The van der Waals surface area contributed by atoms with E-state index in [4.69, 9.17) is 10.2 Å². The zero-order chi connectivity index (χ0) is 14.0. The van der Waals surface area contributed by atoms with Gasteiger partial charge in [0.1, 0.15) is 6.04 Å². The van der Waals surface area contributed by atoms with Crippen molar-refractivity contribution in [3.63, 3.8) is 0 Å². The maximum absolute atomic E-state index is 11.9. The third-order valence-electron chi connectivity index (χ3n) is 3.22. The molecular weight excluding hydrogens is 250 g/mol. The topological polar surface area (TPSA) is 94.9 Å². The number of hydrogen-bond donors (Lipinski definition) is 2. The average molecular weight is 263 g/mol. The lowest BCUT2D eigenvalue weighted by Crippen LogP contribution is -2.42. The minimum Gasteiger partial charge on any atom is -0.480 e. The first kappa shape index (κ1) is 13.1. The van der Waals surface area contributed by atoms with Crippen LogP contribution in [0.5, 0.6) is 0 Å². The van der Waals surface area contributed by atoms with Gasteiger partial charge in [0.15, 0.2) is 0 Å². The molecular formula is C13H13NO5. The van der Waals surface area contributed by atoms with Gasteiger partial charge in [-0.25, -0.2) is 14.5 Å². The van der Waals surface area contributed by atoms with Crippen LogP contribution < -0.4 is 0 Å². The van der Waals surface area contributed by atoms with Gasteiger partial charge in [-0.1, -0.05) is 30.3 Å². The Labute approximate surface area is 109 Å². The zero-order valence-corrected chi connectivity index (χ0v) is 10.0. The zero-order valence-electron chi connectivity index (χ0n) is 10.0. The SMILES string of the molecule is O=C(O)[C@H]1C[C@H](Cc2ccccc2)C(=O)N1C(=O)O. The fraction of sp³-hybridized carbons (Fsp3) is 0.308. The number of rotatable bonds is 3. The van der Waals surface area contributed by atoms with Crippen molar-refractivity contribution in [2.75, 3.05) is 0 Å². The summed E-state index contributed by atoms with van der Waals surface area (Å²) in [5, 5.41) is 17.9. The highest BCUT2D eigenvalue weighted by Crippen LogP contribution is 2.28.